The summed E-state index contributed by atoms with van der Waals surface area (Å²) in [6, 6.07) is 17.0. The zero-order chi connectivity index (χ0) is 22.2. The molecule has 2 heterocycles. The van der Waals surface area contributed by atoms with E-state index < -0.39 is 0 Å². The van der Waals surface area contributed by atoms with Gasteiger partial charge in [-0.05, 0) is 36.1 Å². The van der Waals surface area contributed by atoms with Crippen molar-refractivity contribution in [3.05, 3.63) is 59.7 Å². The minimum absolute atomic E-state index is 0.0778. The molecule has 0 aromatic heterocycles. The fourth-order valence-corrected chi connectivity index (χ4v) is 3.24. The van der Waals surface area contributed by atoms with E-state index in [4.69, 9.17) is 28.4 Å². The number of benzene rings is 2. The summed E-state index contributed by atoms with van der Waals surface area (Å²) in [6.45, 7) is 9.35. The number of hydrogen-bond acceptors (Lipinski definition) is 6. The Labute approximate surface area is 190 Å². The van der Waals surface area contributed by atoms with Crippen molar-refractivity contribution in [1.82, 2.24) is 0 Å². The summed E-state index contributed by atoms with van der Waals surface area (Å²) in [5.41, 5.74) is 4.68. The Hall–Kier alpha value is -1.80. The van der Waals surface area contributed by atoms with E-state index in [1.807, 2.05) is 13.8 Å². The summed E-state index contributed by atoms with van der Waals surface area (Å²) in [5.74, 6) is 0. The predicted molar refractivity (Wildman–Crippen MR) is 121 cm³/mol. The summed E-state index contributed by atoms with van der Waals surface area (Å²) in [5, 5.41) is 0. The highest BCUT2D eigenvalue weighted by atomic mass is 16.6. The maximum atomic E-state index is 5.78. The van der Waals surface area contributed by atoms with Gasteiger partial charge in [0.05, 0.1) is 65.1 Å². The molecule has 32 heavy (non-hydrogen) atoms. The van der Waals surface area contributed by atoms with Gasteiger partial charge in [0.25, 0.3) is 0 Å². The van der Waals surface area contributed by atoms with Crippen molar-refractivity contribution < 1.29 is 28.4 Å². The van der Waals surface area contributed by atoms with Gasteiger partial charge in [-0.2, -0.15) is 0 Å². The van der Waals surface area contributed by atoms with Gasteiger partial charge in [-0.15, -0.1) is 0 Å². The van der Waals surface area contributed by atoms with Crippen LogP contribution in [0.1, 0.15) is 25.0 Å². The molecule has 0 saturated carbocycles. The normalized spacial score (nSPS) is 21.3. The van der Waals surface area contributed by atoms with Gasteiger partial charge in [-0.3, -0.25) is 0 Å². The van der Waals surface area contributed by atoms with Gasteiger partial charge >= 0.3 is 0 Å². The average molecular weight is 443 g/mol. The van der Waals surface area contributed by atoms with Crippen LogP contribution in [0.3, 0.4) is 0 Å². The second kappa shape index (κ2) is 11.9. The van der Waals surface area contributed by atoms with Gasteiger partial charge in [0.1, 0.15) is 12.2 Å². The van der Waals surface area contributed by atoms with Crippen LogP contribution in [0.25, 0.3) is 11.1 Å². The molecule has 2 aromatic rings. The molecule has 0 aliphatic carbocycles. The molecule has 0 radical (unpaired) electrons. The third-order valence-electron chi connectivity index (χ3n) is 5.42. The Kier molecular flexibility index (Phi) is 8.68. The monoisotopic (exact) mass is 442 g/mol. The van der Waals surface area contributed by atoms with Crippen molar-refractivity contribution in [2.45, 2.75) is 51.5 Å². The third kappa shape index (κ3) is 8.28. The van der Waals surface area contributed by atoms with Crippen LogP contribution in [0.2, 0.25) is 0 Å². The lowest BCUT2D eigenvalue weighted by Gasteiger charge is -2.13. The molecule has 6 heteroatoms. The van der Waals surface area contributed by atoms with E-state index in [1.165, 1.54) is 11.1 Å². The first-order valence-corrected chi connectivity index (χ1v) is 11.5. The minimum Gasteiger partial charge on any atom is -0.374 e. The molecule has 174 valence electrons. The summed E-state index contributed by atoms with van der Waals surface area (Å²) >= 11 is 0. The Morgan fingerprint density at radius 2 is 1.06 bits per heavy atom. The standard InChI is InChI=1S/C26H34O6/c1-19(29-15-25-17-31-25)11-27-13-21-3-7-23(8-4-21)24-9-5-22(6-10-24)14-28-12-20(2)30-16-26-18-32-26/h3-10,19-20,25-26H,11-18H2,1-2H3. The van der Waals surface area contributed by atoms with Crippen LogP contribution in [0.4, 0.5) is 0 Å². The maximum absolute atomic E-state index is 5.78. The van der Waals surface area contributed by atoms with Gasteiger partial charge in [-0.1, -0.05) is 48.5 Å². The molecule has 6 nitrogen and oxygen atoms in total. The van der Waals surface area contributed by atoms with Crippen molar-refractivity contribution in [2.24, 2.45) is 0 Å². The Morgan fingerprint density at radius 3 is 1.41 bits per heavy atom. The van der Waals surface area contributed by atoms with Crippen LogP contribution in [0.15, 0.2) is 48.5 Å². The highest BCUT2D eigenvalue weighted by Crippen LogP contribution is 2.21. The van der Waals surface area contributed by atoms with E-state index in [9.17, 15) is 0 Å². The smallest absolute Gasteiger partial charge is 0.104 e. The Morgan fingerprint density at radius 1 is 0.688 bits per heavy atom. The van der Waals surface area contributed by atoms with E-state index in [1.54, 1.807) is 0 Å². The molecule has 2 saturated heterocycles. The lowest BCUT2D eigenvalue weighted by molar-refractivity contribution is -0.0167. The SMILES string of the molecule is CC(COCc1ccc(-c2ccc(COCC(C)OCC3CO3)cc2)cc1)OCC1CO1. The molecule has 4 rings (SSSR count). The summed E-state index contributed by atoms with van der Waals surface area (Å²) in [6.07, 6.45) is 0.743. The molecular formula is C26H34O6. The van der Waals surface area contributed by atoms with E-state index in [0.29, 0.717) is 51.8 Å². The molecule has 2 aromatic carbocycles. The van der Waals surface area contributed by atoms with Gasteiger partial charge in [0.2, 0.25) is 0 Å². The zero-order valence-electron chi connectivity index (χ0n) is 19.0. The zero-order valence-corrected chi connectivity index (χ0v) is 19.0. The topological polar surface area (TPSA) is 62.0 Å². The van der Waals surface area contributed by atoms with Crippen LogP contribution in [-0.4, -0.2) is 64.1 Å². The predicted octanol–water partition coefficient (Wildman–Crippen LogP) is 3.99. The van der Waals surface area contributed by atoms with Gasteiger partial charge in [-0.25, -0.2) is 0 Å². The molecule has 0 N–H and O–H groups in total. The van der Waals surface area contributed by atoms with Crippen molar-refractivity contribution in [1.29, 1.82) is 0 Å². The van der Waals surface area contributed by atoms with Crippen LogP contribution in [-0.2, 0) is 41.6 Å². The third-order valence-corrected chi connectivity index (χ3v) is 5.42. The fraction of sp³-hybridized carbons (Fsp3) is 0.538. The van der Waals surface area contributed by atoms with E-state index >= 15 is 0 Å². The Balaban J connectivity index is 1.14. The first-order chi connectivity index (χ1) is 15.7. The summed E-state index contributed by atoms with van der Waals surface area (Å²) in [4.78, 5) is 0. The summed E-state index contributed by atoms with van der Waals surface area (Å²) < 4.78 is 33.2. The highest BCUT2D eigenvalue weighted by molar-refractivity contribution is 5.63. The maximum Gasteiger partial charge on any atom is 0.104 e. The van der Waals surface area contributed by atoms with Crippen LogP contribution < -0.4 is 0 Å². The van der Waals surface area contributed by atoms with E-state index in [0.717, 1.165) is 24.3 Å². The van der Waals surface area contributed by atoms with Crippen molar-refractivity contribution >= 4 is 0 Å². The van der Waals surface area contributed by atoms with Gasteiger partial charge < -0.3 is 28.4 Å². The number of hydrogen-bond donors (Lipinski definition) is 0. The molecule has 4 atom stereocenters. The van der Waals surface area contributed by atoms with E-state index in [2.05, 4.69) is 48.5 Å². The summed E-state index contributed by atoms with van der Waals surface area (Å²) in [7, 11) is 0. The highest BCUT2D eigenvalue weighted by Gasteiger charge is 2.24. The number of ether oxygens (including phenoxy) is 6. The molecular weight excluding hydrogens is 408 g/mol. The molecule has 0 amide bonds. The van der Waals surface area contributed by atoms with Gasteiger partial charge in [0.15, 0.2) is 0 Å². The van der Waals surface area contributed by atoms with Crippen LogP contribution in [0.5, 0.6) is 0 Å². The first-order valence-electron chi connectivity index (χ1n) is 11.5. The Bertz CT molecular complexity index is 729. The van der Waals surface area contributed by atoms with E-state index in [-0.39, 0.29) is 12.2 Å². The quantitative estimate of drug-likeness (QED) is 0.389. The lowest BCUT2D eigenvalue weighted by atomic mass is 10.0. The fourth-order valence-electron chi connectivity index (χ4n) is 3.24. The molecule has 2 aliphatic rings. The minimum atomic E-state index is 0.0778. The lowest BCUT2D eigenvalue weighted by Crippen LogP contribution is -2.18. The first kappa shape index (κ1) is 23.4. The van der Waals surface area contributed by atoms with Gasteiger partial charge in [0, 0.05) is 0 Å². The average Bonchev–Trinajstić information content (AvgIpc) is 3.72. The molecule has 0 spiro atoms. The second-order valence-electron chi connectivity index (χ2n) is 8.62. The van der Waals surface area contributed by atoms with Crippen molar-refractivity contribution in [2.75, 3.05) is 39.6 Å². The molecule has 0 bridgehead atoms. The largest absolute Gasteiger partial charge is 0.374 e. The van der Waals surface area contributed by atoms with Crippen molar-refractivity contribution in [3.63, 3.8) is 0 Å². The van der Waals surface area contributed by atoms with Crippen LogP contribution >= 0.6 is 0 Å². The second-order valence-corrected chi connectivity index (χ2v) is 8.62. The van der Waals surface area contributed by atoms with Crippen molar-refractivity contribution in [3.8, 4) is 11.1 Å². The van der Waals surface area contributed by atoms with Crippen LogP contribution in [0, 0.1) is 0 Å². The molecule has 2 aliphatic heterocycles. The number of rotatable bonds is 15. The number of epoxide rings is 2. The molecule has 4 unspecified atom stereocenters. The molecule has 2 fully saturated rings.